The summed E-state index contributed by atoms with van der Waals surface area (Å²) in [5.41, 5.74) is 1.31. The topological polar surface area (TPSA) is 24.5 Å². The number of likely N-dealkylation sites (N-methyl/N-ethyl adjacent to an activating group) is 1. The van der Waals surface area contributed by atoms with E-state index in [2.05, 4.69) is 49.3 Å². The van der Waals surface area contributed by atoms with Crippen molar-refractivity contribution in [3.8, 4) is 5.75 Å². The van der Waals surface area contributed by atoms with Crippen LogP contribution in [0.3, 0.4) is 0 Å². The molecule has 0 spiro atoms. The van der Waals surface area contributed by atoms with Crippen molar-refractivity contribution in [3.05, 3.63) is 29.8 Å². The molecule has 1 fully saturated rings. The summed E-state index contributed by atoms with van der Waals surface area (Å²) in [4.78, 5) is 2.35. The van der Waals surface area contributed by atoms with Crippen LogP contribution in [-0.2, 0) is 6.54 Å². The van der Waals surface area contributed by atoms with Gasteiger partial charge in [-0.05, 0) is 50.9 Å². The second kappa shape index (κ2) is 7.65. The Hall–Kier alpha value is -1.06. The van der Waals surface area contributed by atoms with E-state index in [1.165, 1.54) is 24.8 Å². The third-order valence-electron chi connectivity index (χ3n) is 4.13. The minimum atomic E-state index is 0.618. The molecule has 3 heteroatoms. The van der Waals surface area contributed by atoms with Crippen LogP contribution >= 0.6 is 0 Å². The molecule has 0 amide bonds. The summed E-state index contributed by atoms with van der Waals surface area (Å²) in [7, 11) is 2.16. The SMILES string of the molecule is CCC(C)N(C)CCOc1cccc(CNC2CC2)c1. The molecule has 3 nitrogen and oxygen atoms in total. The molecule has 20 heavy (non-hydrogen) atoms. The summed E-state index contributed by atoms with van der Waals surface area (Å²) < 4.78 is 5.86. The molecule has 0 radical (unpaired) electrons. The van der Waals surface area contributed by atoms with Crippen molar-refractivity contribution in [2.75, 3.05) is 20.2 Å². The number of nitrogens with one attached hydrogen (secondary N) is 1. The number of hydrogen-bond acceptors (Lipinski definition) is 3. The highest BCUT2D eigenvalue weighted by Crippen LogP contribution is 2.20. The van der Waals surface area contributed by atoms with Crippen LogP contribution in [-0.4, -0.2) is 37.2 Å². The predicted molar refractivity (Wildman–Crippen MR) is 84.2 cm³/mol. The fraction of sp³-hybridized carbons (Fsp3) is 0.647. The van der Waals surface area contributed by atoms with E-state index in [0.717, 1.165) is 31.5 Å². The molecular formula is C17H28N2O. The monoisotopic (exact) mass is 276 g/mol. The van der Waals surface area contributed by atoms with Gasteiger partial charge in [-0.15, -0.1) is 0 Å². The Kier molecular flexibility index (Phi) is 5.86. The highest BCUT2D eigenvalue weighted by atomic mass is 16.5. The molecule has 0 saturated heterocycles. The summed E-state index contributed by atoms with van der Waals surface area (Å²) in [6, 6.07) is 9.81. The zero-order valence-electron chi connectivity index (χ0n) is 13.1. The van der Waals surface area contributed by atoms with Gasteiger partial charge in [0.25, 0.3) is 0 Å². The standard InChI is InChI=1S/C17H28N2O/c1-4-14(2)19(3)10-11-20-17-7-5-6-15(12-17)13-18-16-8-9-16/h5-7,12,14,16,18H,4,8-11,13H2,1-3H3. The van der Waals surface area contributed by atoms with Gasteiger partial charge in [-0.3, -0.25) is 0 Å². The number of hydrogen-bond donors (Lipinski definition) is 1. The molecule has 1 aromatic carbocycles. The van der Waals surface area contributed by atoms with Gasteiger partial charge < -0.3 is 15.0 Å². The van der Waals surface area contributed by atoms with E-state index in [0.29, 0.717) is 6.04 Å². The second-order valence-corrected chi connectivity index (χ2v) is 5.89. The van der Waals surface area contributed by atoms with Gasteiger partial charge in [0.1, 0.15) is 12.4 Å². The molecule has 0 bridgehead atoms. The Labute approximate surface area is 123 Å². The summed E-state index contributed by atoms with van der Waals surface area (Å²) in [6.07, 6.45) is 3.84. The molecule has 2 rings (SSSR count). The van der Waals surface area contributed by atoms with Gasteiger partial charge in [0.2, 0.25) is 0 Å². The van der Waals surface area contributed by atoms with E-state index in [-0.39, 0.29) is 0 Å². The molecule has 1 aliphatic rings. The Morgan fingerprint density at radius 2 is 2.20 bits per heavy atom. The van der Waals surface area contributed by atoms with Crippen molar-refractivity contribution in [1.82, 2.24) is 10.2 Å². The highest BCUT2D eigenvalue weighted by molar-refractivity contribution is 5.28. The van der Waals surface area contributed by atoms with Crippen LogP contribution in [0, 0.1) is 0 Å². The smallest absolute Gasteiger partial charge is 0.119 e. The van der Waals surface area contributed by atoms with Crippen molar-refractivity contribution in [2.24, 2.45) is 0 Å². The van der Waals surface area contributed by atoms with E-state index in [1.54, 1.807) is 0 Å². The zero-order valence-corrected chi connectivity index (χ0v) is 13.1. The highest BCUT2D eigenvalue weighted by Gasteiger charge is 2.19. The van der Waals surface area contributed by atoms with E-state index >= 15 is 0 Å². The van der Waals surface area contributed by atoms with Crippen LogP contribution in [0.2, 0.25) is 0 Å². The lowest BCUT2D eigenvalue weighted by Gasteiger charge is -2.23. The molecular weight excluding hydrogens is 248 g/mol. The van der Waals surface area contributed by atoms with Gasteiger partial charge in [0.15, 0.2) is 0 Å². The van der Waals surface area contributed by atoms with Crippen molar-refractivity contribution >= 4 is 0 Å². The van der Waals surface area contributed by atoms with Crippen LogP contribution in [0.4, 0.5) is 0 Å². The lowest BCUT2D eigenvalue weighted by Crippen LogP contribution is -2.32. The van der Waals surface area contributed by atoms with Crippen LogP contribution < -0.4 is 10.1 Å². The maximum absolute atomic E-state index is 5.86. The average molecular weight is 276 g/mol. The first-order chi connectivity index (χ1) is 9.69. The van der Waals surface area contributed by atoms with Gasteiger partial charge >= 0.3 is 0 Å². The van der Waals surface area contributed by atoms with Crippen LogP contribution in [0.1, 0.15) is 38.7 Å². The first-order valence-corrected chi connectivity index (χ1v) is 7.84. The fourth-order valence-corrected chi connectivity index (χ4v) is 2.13. The Balaban J connectivity index is 1.72. The van der Waals surface area contributed by atoms with Crippen LogP contribution in [0.5, 0.6) is 5.75 Å². The van der Waals surface area contributed by atoms with E-state index in [9.17, 15) is 0 Å². The second-order valence-electron chi connectivity index (χ2n) is 5.89. The number of benzene rings is 1. The number of nitrogens with zero attached hydrogens (tertiary/aromatic N) is 1. The Bertz CT molecular complexity index is 404. The Morgan fingerprint density at radius 1 is 1.40 bits per heavy atom. The van der Waals surface area contributed by atoms with E-state index in [4.69, 9.17) is 4.74 Å². The lowest BCUT2D eigenvalue weighted by molar-refractivity contribution is 0.196. The average Bonchev–Trinajstić information content (AvgIpc) is 3.29. The summed E-state index contributed by atoms with van der Waals surface area (Å²) >= 11 is 0. The van der Waals surface area contributed by atoms with Gasteiger partial charge in [0.05, 0.1) is 0 Å². The quantitative estimate of drug-likeness (QED) is 0.750. The summed E-state index contributed by atoms with van der Waals surface area (Å²) in [6.45, 7) is 7.15. The first kappa shape index (κ1) is 15.3. The molecule has 1 atom stereocenters. The number of rotatable bonds is 9. The van der Waals surface area contributed by atoms with Crippen LogP contribution in [0.25, 0.3) is 0 Å². The van der Waals surface area contributed by atoms with Crippen molar-refractivity contribution in [3.63, 3.8) is 0 Å². The van der Waals surface area contributed by atoms with Crippen molar-refractivity contribution in [1.29, 1.82) is 0 Å². The minimum Gasteiger partial charge on any atom is -0.492 e. The van der Waals surface area contributed by atoms with Crippen LogP contribution in [0.15, 0.2) is 24.3 Å². The maximum atomic E-state index is 5.86. The number of ether oxygens (including phenoxy) is 1. The Morgan fingerprint density at radius 3 is 2.90 bits per heavy atom. The molecule has 112 valence electrons. The largest absolute Gasteiger partial charge is 0.492 e. The van der Waals surface area contributed by atoms with Crippen molar-refractivity contribution in [2.45, 2.75) is 51.7 Å². The summed E-state index contributed by atoms with van der Waals surface area (Å²) in [5.74, 6) is 0.984. The van der Waals surface area contributed by atoms with Gasteiger partial charge in [-0.1, -0.05) is 19.1 Å². The molecule has 1 unspecified atom stereocenters. The van der Waals surface area contributed by atoms with Gasteiger partial charge in [-0.25, -0.2) is 0 Å². The molecule has 0 heterocycles. The normalized spacial score (nSPS) is 16.4. The van der Waals surface area contributed by atoms with Gasteiger partial charge in [-0.2, -0.15) is 0 Å². The molecule has 1 aromatic rings. The minimum absolute atomic E-state index is 0.618. The fourth-order valence-electron chi connectivity index (χ4n) is 2.13. The third kappa shape index (κ3) is 5.14. The third-order valence-corrected chi connectivity index (χ3v) is 4.13. The maximum Gasteiger partial charge on any atom is 0.119 e. The molecule has 1 saturated carbocycles. The zero-order chi connectivity index (χ0) is 14.4. The van der Waals surface area contributed by atoms with Crippen molar-refractivity contribution < 1.29 is 4.74 Å². The molecule has 0 aromatic heterocycles. The first-order valence-electron chi connectivity index (χ1n) is 7.84. The lowest BCUT2D eigenvalue weighted by atomic mass is 10.2. The molecule has 1 aliphatic carbocycles. The molecule has 0 aliphatic heterocycles. The molecule has 1 N–H and O–H groups in total. The predicted octanol–water partition coefficient (Wildman–Crippen LogP) is 3.05. The summed E-state index contributed by atoms with van der Waals surface area (Å²) in [5, 5.41) is 3.53. The van der Waals surface area contributed by atoms with E-state index in [1.807, 2.05) is 6.07 Å². The van der Waals surface area contributed by atoms with E-state index < -0.39 is 0 Å². The van der Waals surface area contributed by atoms with Gasteiger partial charge in [0, 0.05) is 25.2 Å².